The van der Waals surface area contributed by atoms with Crippen molar-refractivity contribution in [1.29, 1.82) is 0 Å². The third-order valence-corrected chi connectivity index (χ3v) is 2.62. The Hall–Kier alpha value is -0.830. The summed E-state index contributed by atoms with van der Waals surface area (Å²) in [5.41, 5.74) is 0.421. The zero-order valence-electron chi connectivity index (χ0n) is 7.09. The van der Waals surface area contributed by atoms with E-state index >= 15 is 0 Å². The normalized spacial score (nSPS) is 20.0. The summed E-state index contributed by atoms with van der Waals surface area (Å²) in [6.07, 6.45) is 0.483. The van der Waals surface area contributed by atoms with Gasteiger partial charge in [0.15, 0.2) is 5.78 Å². The number of ketones is 1. The Kier molecular flexibility index (Phi) is 1.51. The highest BCUT2D eigenvalue weighted by molar-refractivity contribution is 7.08. The Balaban J connectivity index is 2.45. The third-order valence-electron chi connectivity index (χ3n) is 1.90. The molecule has 64 valence electrons. The summed E-state index contributed by atoms with van der Waals surface area (Å²) in [5.74, 6) is 0.948. The maximum Gasteiger partial charge on any atom is 0.171 e. The van der Waals surface area contributed by atoms with Crippen LogP contribution in [0.3, 0.4) is 0 Å². The van der Waals surface area contributed by atoms with E-state index in [1.165, 1.54) is 11.3 Å². The summed E-state index contributed by atoms with van der Waals surface area (Å²) in [5, 5.41) is 3.74. The van der Waals surface area contributed by atoms with Crippen LogP contribution in [0.2, 0.25) is 0 Å². The van der Waals surface area contributed by atoms with Crippen LogP contribution in [0.4, 0.5) is 0 Å². The Morgan fingerprint density at radius 2 is 2.25 bits per heavy atom. The Labute approximate surface area is 75.2 Å². The molecule has 0 aromatic carbocycles. The van der Waals surface area contributed by atoms with Crippen LogP contribution in [0, 0.1) is 0 Å². The minimum absolute atomic E-state index is 0.197. The number of hydrogen-bond donors (Lipinski definition) is 0. The van der Waals surface area contributed by atoms with E-state index in [0.29, 0.717) is 6.42 Å². The minimum Gasteiger partial charge on any atom is -0.486 e. The van der Waals surface area contributed by atoms with Gasteiger partial charge in [0.05, 0.1) is 12.0 Å². The first-order chi connectivity index (χ1) is 5.58. The van der Waals surface area contributed by atoms with Crippen molar-refractivity contribution >= 4 is 17.1 Å². The maximum absolute atomic E-state index is 11.5. The highest BCUT2D eigenvalue weighted by Crippen LogP contribution is 2.35. The summed E-state index contributed by atoms with van der Waals surface area (Å²) in [6.45, 7) is 3.87. The molecule has 0 saturated heterocycles. The lowest BCUT2D eigenvalue weighted by Crippen LogP contribution is -2.35. The molecule has 12 heavy (non-hydrogen) atoms. The molecule has 0 bridgehead atoms. The molecule has 1 aliphatic heterocycles. The third kappa shape index (κ3) is 1.14. The standard InChI is InChI=1S/C9H10O2S/c1-9(2)3-7(10)6-4-12-5-8(6)11-9/h4-5H,3H2,1-2H3. The molecule has 0 amide bonds. The monoisotopic (exact) mass is 182 g/mol. The molecule has 2 rings (SSSR count). The maximum atomic E-state index is 11.5. The largest absolute Gasteiger partial charge is 0.486 e. The molecule has 3 heteroatoms. The van der Waals surface area contributed by atoms with Crippen LogP contribution in [0.5, 0.6) is 5.75 Å². The number of carbonyl (C=O) groups excluding carboxylic acids is 1. The quantitative estimate of drug-likeness (QED) is 0.616. The summed E-state index contributed by atoms with van der Waals surface area (Å²) >= 11 is 1.51. The van der Waals surface area contributed by atoms with Crippen molar-refractivity contribution in [2.24, 2.45) is 0 Å². The molecular formula is C9H10O2S. The SMILES string of the molecule is CC1(C)CC(=O)c2cscc2O1. The molecule has 0 radical (unpaired) electrons. The smallest absolute Gasteiger partial charge is 0.171 e. The molecule has 2 heterocycles. The highest BCUT2D eigenvalue weighted by Gasteiger charge is 2.32. The molecule has 1 aromatic heterocycles. The van der Waals surface area contributed by atoms with E-state index in [4.69, 9.17) is 4.74 Å². The predicted octanol–water partition coefficient (Wildman–Crippen LogP) is 2.49. The molecule has 0 N–H and O–H groups in total. The van der Waals surface area contributed by atoms with E-state index in [1.807, 2.05) is 24.6 Å². The number of fused-ring (bicyclic) bond motifs is 1. The molecule has 0 saturated carbocycles. The average molecular weight is 182 g/mol. The van der Waals surface area contributed by atoms with Gasteiger partial charge in [-0.3, -0.25) is 4.79 Å². The second-order valence-electron chi connectivity index (χ2n) is 3.61. The lowest BCUT2D eigenvalue weighted by Gasteiger charge is -2.29. The van der Waals surface area contributed by atoms with Gasteiger partial charge < -0.3 is 4.74 Å². The lowest BCUT2D eigenvalue weighted by molar-refractivity contribution is 0.0625. The van der Waals surface area contributed by atoms with Gasteiger partial charge in [-0.2, -0.15) is 0 Å². The number of thiophene rings is 1. The molecular weight excluding hydrogens is 172 g/mol. The van der Waals surface area contributed by atoms with Gasteiger partial charge in [0.1, 0.15) is 11.4 Å². The zero-order chi connectivity index (χ0) is 8.77. The van der Waals surface area contributed by atoms with Crippen molar-refractivity contribution in [2.75, 3.05) is 0 Å². The van der Waals surface area contributed by atoms with Gasteiger partial charge >= 0.3 is 0 Å². The van der Waals surface area contributed by atoms with Gasteiger partial charge in [0.25, 0.3) is 0 Å². The van der Waals surface area contributed by atoms with Crippen molar-refractivity contribution in [2.45, 2.75) is 25.9 Å². The number of rotatable bonds is 0. The predicted molar refractivity (Wildman–Crippen MR) is 48.0 cm³/mol. The van der Waals surface area contributed by atoms with E-state index in [1.54, 1.807) is 0 Å². The van der Waals surface area contributed by atoms with Gasteiger partial charge in [0.2, 0.25) is 0 Å². The fourth-order valence-corrected chi connectivity index (χ4v) is 2.13. The van der Waals surface area contributed by atoms with E-state index < -0.39 is 0 Å². The highest BCUT2D eigenvalue weighted by atomic mass is 32.1. The second-order valence-corrected chi connectivity index (χ2v) is 4.35. The second kappa shape index (κ2) is 2.33. The number of hydrogen-bond acceptors (Lipinski definition) is 3. The van der Waals surface area contributed by atoms with Crippen molar-refractivity contribution < 1.29 is 9.53 Å². The summed E-state index contributed by atoms with van der Waals surface area (Å²) in [6, 6.07) is 0. The summed E-state index contributed by atoms with van der Waals surface area (Å²) in [4.78, 5) is 11.5. The van der Waals surface area contributed by atoms with Crippen LogP contribution in [-0.2, 0) is 0 Å². The van der Waals surface area contributed by atoms with Crippen LogP contribution in [0.25, 0.3) is 0 Å². The first kappa shape index (κ1) is 7.80. The van der Waals surface area contributed by atoms with Crippen molar-refractivity contribution in [3.63, 3.8) is 0 Å². The van der Waals surface area contributed by atoms with Crippen molar-refractivity contribution in [3.8, 4) is 5.75 Å². The Morgan fingerprint density at radius 1 is 1.50 bits per heavy atom. The zero-order valence-corrected chi connectivity index (χ0v) is 7.90. The first-order valence-electron chi connectivity index (χ1n) is 3.87. The van der Waals surface area contributed by atoms with Crippen molar-refractivity contribution in [1.82, 2.24) is 0 Å². The summed E-state index contributed by atoms with van der Waals surface area (Å²) < 4.78 is 5.62. The Bertz CT molecular complexity index is 325. The lowest BCUT2D eigenvalue weighted by atomic mass is 9.95. The molecule has 0 spiro atoms. The van der Waals surface area contributed by atoms with E-state index in [2.05, 4.69) is 0 Å². The first-order valence-corrected chi connectivity index (χ1v) is 4.81. The van der Waals surface area contributed by atoms with Gasteiger partial charge in [-0.05, 0) is 13.8 Å². The van der Waals surface area contributed by atoms with E-state index in [-0.39, 0.29) is 11.4 Å². The fourth-order valence-electron chi connectivity index (χ4n) is 1.38. The molecule has 1 aromatic rings. The van der Waals surface area contributed by atoms with Crippen LogP contribution < -0.4 is 4.74 Å². The molecule has 1 aliphatic rings. The fraction of sp³-hybridized carbons (Fsp3) is 0.444. The van der Waals surface area contributed by atoms with Crippen LogP contribution in [0.15, 0.2) is 10.8 Å². The number of ether oxygens (including phenoxy) is 1. The van der Waals surface area contributed by atoms with E-state index in [0.717, 1.165) is 11.3 Å². The molecule has 2 nitrogen and oxygen atoms in total. The van der Waals surface area contributed by atoms with Gasteiger partial charge in [-0.15, -0.1) is 11.3 Å². The minimum atomic E-state index is -0.328. The van der Waals surface area contributed by atoms with Crippen LogP contribution >= 0.6 is 11.3 Å². The molecule has 0 atom stereocenters. The van der Waals surface area contributed by atoms with Gasteiger partial charge in [-0.1, -0.05) is 0 Å². The number of carbonyl (C=O) groups is 1. The average Bonchev–Trinajstić information content (AvgIpc) is 2.31. The van der Waals surface area contributed by atoms with Crippen LogP contribution in [0.1, 0.15) is 30.6 Å². The molecule has 0 fully saturated rings. The Morgan fingerprint density at radius 3 is 3.00 bits per heavy atom. The molecule has 0 unspecified atom stereocenters. The van der Waals surface area contributed by atoms with Gasteiger partial charge in [0, 0.05) is 10.8 Å². The topological polar surface area (TPSA) is 26.3 Å². The van der Waals surface area contributed by atoms with Crippen molar-refractivity contribution in [3.05, 3.63) is 16.3 Å². The molecule has 0 aliphatic carbocycles. The van der Waals surface area contributed by atoms with Gasteiger partial charge in [-0.25, -0.2) is 0 Å². The summed E-state index contributed by atoms with van der Waals surface area (Å²) in [7, 11) is 0. The van der Waals surface area contributed by atoms with Crippen LogP contribution in [-0.4, -0.2) is 11.4 Å². The number of Topliss-reactive ketones (excluding diaryl/α,β-unsaturated/α-hetero) is 1. The van der Waals surface area contributed by atoms with E-state index in [9.17, 15) is 4.79 Å².